The van der Waals surface area contributed by atoms with Gasteiger partial charge < -0.3 is 4.74 Å². The molecule has 0 fully saturated rings. The van der Waals surface area contributed by atoms with Crippen LogP contribution in [0, 0.1) is 5.92 Å². The Morgan fingerprint density at radius 3 is 3.00 bits per heavy atom. The minimum absolute atomic E-state index is 0.0423. The van der Waals surface area contributed by atoms with Gasteiger partial charge in [-0.1, -0.05) is 12.2 Å². The molecule has 0 aromatic rings. The van der Waals surface area contributed by atoms with E-state index in [-0.39, 0.29) is 5.78 Å². The van der Waals surface area contributed by atoms with E-state index in [0.29, 0.717) is 6.42 Å². The van der Waals surface area contributed by atoms with Crippen molar-refractivity contribution in [3.8, 4) is 0 Å². The number of hydrogen-bond acceptors (Lipinski definition) is 3. The number of carbonyl (C=O) groups is 2. The highest BCUT2D eigenvalue weighted by atomic mass is 16.5. The van der Waals surface area contributed by atoms with Gasteiger partial charge in [0.25, 0.3) is 0 Å². The van der Waals surface area contributed by atoms with Crippen molar-refractivity contribution in [3.63, 3.8) is 0 Å². The molecule has 0 heterocycles. The highest BCUT2D eigenvalue weighted by molar-refractivity contribution is 6.01. The zero-order valence-corrected chi connectivity index (χ0v) is 6.37. The van der Waals surface area contributed by atoms with Crippen LogP contribution in [0.25, 0.3) is 0 Å². The second kappa shape index (κ2) is 3.32. The Morgan fingerprint density at radius 1 is 1.73 bits per heavy atom. The van der Waals surface area contributed by atoms with Crippen LogP contribution in [-0.4, -0.2) is 18.9 Å². The molecule has 60 valence electrons. The molecule has 0 saturated carbocycles. The molecule has 11 heavy (non-hydrogen) atoms. The molecule has 1 aliphatic carbocycles. The molecule has 0 radical (unpaired) electrons. The third-order valence-electron chi connectivity index (χ3n) is 1.69. The molecule has 0 aromatic heterocycles. The lowest BCUT2D eigenvalue weighted by molar-refractivity contribution is -0.147. The van der Waals surface area contributed by atoms with Gasteiger partial charge in [0, 0.05) is 6.42 Å². The van der Waals surface area contributed by atoms with E-state index in [2.05, 4.69) is 4.74 Å². The van der Waals surface area contributed by atoms with Crippen LogP contribution in [0.1, 0.15) is 12.8 Å². The summed E-state index contributed by atoms with van der Waals surface area (Å²) in [4.78, 5) is 21.9. The maximum Gasteiger partial charge on any atom is 0.320 e. The minimum Gasteiger partial charge on any atom is -0.468 e. The summed E-state index contributed by atoms with van der Waals surface area (Å²) in [6.45, 7) is 0. The van der Waals surface area contributed by atoms with Gasteiger partial charge >= 0.3 is 5.97 Å². The SMILES string of the molecule is COC(=O)C1C=CCCC1=O. The summed E-state index contributed by atoms with van der Waals surface area (Å²) in [5.74, 6) is -1.14. The minimum atomic E-state index is -0.645. The van der Waals surface area contributed by atoms with E-state index in [1.807, 2.05) is 6.08 Å². The van der Waals surface area contributed by atoms with Gasteiger partial charge in [-0.2, -0.15) is 0 Å². The lowest BCUT2D eigenvalue weighted by atomic mass is 9.95. The lowest BCUT2D eigenvalue weighted by Crippen LogP contribution is -2.25. The first kappa shape index (κ1) is 7.98. The molecular weight excluding hydrogens is 144 g/mol. The Kier molecular flexibility index (Phi) is 2.41. The molecule has 1 aliphatic rings. The van der Waals surface area contributed by atoms with Crippen LogP contribution in [0.2, 0.25) is 0 Å². The van der Waals surface area contributed by atoms with E-state index in [0.717, 1.165) is 6.42 Å². The Bertz CT molecular complexity index is 205. The number of hydrogen-bond donors (Lipinski definition) is 0. The lowest BCUT2D eigenvalue weighted by Gasteiger charge is -2.11. The summed E-state index contributed by atoms with van der Waals surface area (Å²) in [6.07, 6.45) is 4.64. The largest absolute Gasteiger partial charge is 0.468 e. The van der Waals surface area contributed by atoms with E-state index in [9.17, 15) is 9.59 Å². The molecule has 1 atom stereocenters. The number of esters is 1. The summed E-state index contributed by atoms with van der Waals surface area (Å²) in [6, 6.07) is 0. The highest BCUT2D eigenvalue weighted by Crippen LogP contribution is 2.14. The Labute approximate surface area is 65.0 Å². The Hall–Kier alpha value is -1.12. The monoisotopic (exact) mass is 154 g/mol. The van der Waals surface area contributed by atoms with E-state index in [1.54, 1.807) is 6.08 Å². The van der Waals surface area contributed by atoms with Gasteiger partial charge in [0.1, 0.15) is 5.92 Å². The number of ether oxygens (including phenoxy) is 1. The van der Waals surface area contributed by atoms with E-state index in [1.165, 1.54) is 7.11 Å². The molecule has 0 aliphatic heterocycles. The Morgan fingerprint density at radius 2 is 2.45 bits per heavy atom. The summed E-state index contributed by atoms with van der Waals surface area (Å²) in [7, 11) is 1.29. The number of rotatable bonds is 1. The van der Waals surface area contributed by atoms with Crippen molar-refractivity contribution >= 4 is 11.8 Å². The molecule has 0 saturated heterocycles. The summed E-state index contributed by atoms with van der Waals surface area (Å²) < 4.78 is 4.45. The van der Waals surface area contributed by atoms with Gasteiger partial charge in [0.2, 0.25) is 0 Å². The fraction of sp³-hybridized carbons (Fsp3) is 0.500. The molecular formula is C8H10O3. The van der Waals surface area contributed by atoms with Crippen LogP contribution >= 0.6 is 0 Å². The average molecular weight is 154 g/mol. The second-order valence-electron chi connectivity index (χ2n) is 2.43. The van der Waals surface area contributed by atoms with E-state index >= 15 is 0 Å². The average Bonchev–Trinajstić information content (AvgIpc) is 2.04. The predicted molar refractivity (Wildman–Crippen MR) is 38.9 cm³/mol. The quantitative estimate of drug-likeness (QED) is 0.317. The predicted octanol–water partition coefficient (Wildman–Crippen LogP) is 0.695. The standard InChI is InChI=1S/C8H10O3/c1-11-8(10)6-4-2-3-5-7(6)9/h2,4,6H,3,5H2,1H3. The fourth-order valence-corrected chi connectivity index (χ4v) is 1.06. The van der Waals surface area contributed by atoms with E-state index in [4.69, 9.17) is 0 Å². The Balaban J connectivity index is 2.69. The topological polar surface area (TPSA) is 43.4 Å². The number of allylic oxidation sites excluding steroid dienone is 1. The van der Waals surface area contributed by atoms with Gasteiger partial charge in [0.05, 0.1) is 7.11 Å². The van der Waals surface area contributed by atoms with Gasteiger partial charge in [-0.05, 0) is 6.42 Å². The fourth-order valence-electron chi connectivity index (χ4n) is 1.06. The van der Waals surface area contributed by atoms with Crippen molar-refractivity contribution in [1.82, 2.24) is 0 Å². The van der Waals surface area contributed by atoms with Crippen LogP contribution in [-0.2, 0) is 14.3 Å². The maximum absolute atomic E-state index is 11.0. The van der Waals surface area contributed by atoms with Crippen LogP contribution in [0.15, 0.2) is 12.2 Å². The van der Waals surface area contributed by atoms with Crippen molar-refractivity contribution in [3.05, 3.63) is 12.2 Å². The van der Waals surface area contributed by atoms with Gasteiger partial charge in [-0.3, -0.25) is 9.59 Å². The molecule has 0 spiro atoms. The molecule has 3 nitrogen and oxygen atoms in total. The van der Waals surface area contributed by atoms with Gasteiger partial charge in [0.15, 0.2) is 5.78 Å². The van der Waals surface area contributed by atoms with Crippen molar-refractivity contribution in [2.24, 2.45) is 5.92 Å². The summed E-state index contributed by atoms with van der Waals surface area (Å²) >= 11 is 0. The first-order chi connectivity index (χ1) is 5.25. The zero-order chi connectivity index (χ0) is 8.27. The molecule has 0 aromatic carbocycles. The smallest absolute Gasteiger partial charge is 0.320 e. The molecule has 0 amide bonds. The van der Waals surface area contributed by atoms with Crippen molar-refractivity contribution in [1.29, 1.82) is 0 Å². The first-order valence-corrected chi connectivity index (χ1v) is 3.53. The summed E-state index contributed by atoms with van der Waals surface area (Å²) in [5, 5.41) is 0. The van der Waals surface area contributed by atoms with Crippen molar-refractivity contribution in [2.45, 2.75) is 12.8 Å². The van der Waals surface area contributed by atoms with Crippen LogP contribution in [0.4, 0.5) is 0 Å². The second-order valence-corrected chi connectivity index (χ2v) is 2.43. The first-order valence-electron chi connectivity index (χ1n) is 3.53. The van der Waals surface area contributed by atoms with Crippen molar-refractivity contribution < 1.29 is 14.3 Å². The van der Waals surface area contributed by atoms with Crippen LogP contribution in [0.5, 0.6) is 0 Å². The van der Waals surface area contributed by atoms with Crippen LogP contribution in [0.3, 0.4) is 0 Å². The highest BCUT2D eigenvalue weighted by Gasteiger charge is 2.25. The third kappa shape index (κ3) is 1.67. The molecule has 3 heteroatoms. The zero-order valence-electron chi connectivity index (χ0n) is 6.37. The normalized spacial score (nSPS) is 23.4. The number of Topliss-reactive ketones (excluding diaryl/α,β-unsaturated/α-hetero) is 1. The number of ketones is 1. The molecule has 1 unspecified atom stereocenters. The van der Waals surface area contributed by atoms with Crippen molar-refractivity contribution in [2.75, 3.05) is 7.11 Å². The number of carbonyl (C=O) groups excluding carboxylic acids is 2. The molecule has 1 rings (SSSR count). The molecule has 0 bridgehead atoms. The molecule has 0 N–H and O–H groups in total. The van der Waals surface area contributed by atoms with Gasteiger partial charge in [-0.25, -0.2) is 0 Å². The van der Waals surface area contributed by atoms with Crippen LogP contribution < -0.4 is 0 Å². The summed E-state index contributed by atoms with van der Waals surface area (Å²) in [5.41, 5.74) is 0. The van der Waals surface area contributed by atoms with Gasteiger partial charge in [-0.15, -0.1) is 0 Å². The third-order valence-corrected chi connectivity index (χ3v) is 1.69. The van der Waals surface area contributed by atoms with E-state index < -0.39 is 11.9 Å². The number of methoxy groups -OCH3 is 1. The maximum atomic E-state index is 11.0.